The fraction of sp³-hybridized carbons (Fsp3) is 0.500. The number of nitrogens with one attached hydrogen (secondary N) is 1. The smallest absolute Gasteiger partial charge is 0.261 e. The van der Waals surface area contributed by atoms with Crippen LogP contribution in [0.3, 0.4) is 0 Å². The standard InChI is InChI=1S/C14H18N4O2S/c1-10-15-13(20-17-10)9-18-6-4-11(5-7-18)16-14(19)12-3-2-8-21-12/h2-3,8,11H,4-7,9H2,1H3,(H,16,19). The highest BCUT2D eigenvalue weighted by atomic mass is 32.1. The number of hydrogen-bond acceptors (Lipinski definition) is 6. The molecule has 0 aromatic carbocycles. The molecule has 6 nitrogen and oxygen atoms in total. The van der Waals surface area contributed by atoms with Gasteiger partial charge in [-0.15, -0.1) is 11.3 Å². The molecule has 7 heteroatoms. The van der Waals surface area contributed by atoms with E-state index in [0.717, 1.165) is 30.8 Å². The first kappa shape index (κ1) is 14.2. The number of nitrogens with zero attached hydrogens (tertiary/aromatic N) is 3. The van der Waals surface area contributed by atoms with Gasteiger partial charge in [0.2, 0.25) is 5.89 Å². The van der Waals surface area contributed by atoms with Gasteiger partial charge >= 0.3 is 0 Å². The highest BCUT2D eigenvalue weighted by Gasteiger charge is 2.22. The van der Waals surface area contributed by atoms with E-state index in [0.29, 0.717) is 18.3 Å². The predicted octanol–water partition coefficient (Wildman–Crippen LogP) is 1.83. The second kappa shape index (κ2) is 6.36. The Labute approximate surface area is 127 Å². The van der Waals surface area contributed by atoms with Crippen molar-refractivity contribution in [1.82, 2.24) is 20.4 Å². The Hall–Kier alpha value is -1.73. The Bertz CT molecular complexity index is 588. The van der Waals surface area contributed by atoms with Gasteiger partial charge in [-0.1, -0.05) is 11.2 Å². The summed E-state index contributed by atoms with van der Waals surface area (Å²) in [5.41, 5.74) is 0. The highest BCUT2D eigenvalue weighted by Crippen LogP contribution is 2.15. The summed E-state index contributed by atoms with van der Waals surface area (Å²) in [6.07, 6.45) is 1.90. The Balaban J connectivity index is 1.45. The molecule has 0 radical (unpaired) electrons. The van der Waals surface area contributed by atoms with Crippen molar-refractivity contribution in [3.8, 4) is 0 Å². The second-order valence-corrected chi connectivity index (χ2v) is 6.18. The van der Waals surface area contributed by atoms with E-state index in [2.05, 4.69) is 20.4 Å². The molecule has 2 aromatic rings. The van der Waals surface area contributed by atoms with Crippen molar-refractivity contribution >= 4 is 17.2 Å². The highest BCUT2D eigenvalue weighted by molar-refractivity contribution is 7.12. The third kappa shape index (κ3) is 3.68. The summed E-state index contributed by atoms with van der Waals surface area (Å²) in [4.78, 5) is 19.3. The van der Waals surface area contributed by atoms with Gasteiger partial charge in [0, 0.05) is 19.1 Å². The van der Waals surface area contributed by atoms with E-state index in [1.165, 1.54) is 11.3 Å². The minimum absolute atomic E-state index is 0.0379. The molecule has 0 aliphatic carbocycles. The maximum Gasteiger partial charge on any atom is 0.261 e. The lowest BCUT2D eigenvalue weighted by Gasteiger charge is -2.31. The summed E-state index contributed by atoms with van der Waals surface area (Å²) in [7, 11) is 0. The first-order valence-corrected chi connectivity index (χ1v) is 7.94. The van der Waals surface area contributed by atoms with E-state index >= 15 is 0 Å². The average Bonchev–Trinajstić information content (AvgIpc) is 3.13. The molecule has 1 aliphatic rings. The number of aryl methyl sites for hydroxylation is 1. The van der Waals surface area contributed by atoms with E-state index < -0.39 is 0 Å². The Morgan fingerprint density at radius 1 is 1.52 bits per heavy atom. The minimum Gasteiger partial charge on any atom is -0.349 e. The summed E-state index contributed by atoms with van der Waals surface area (Å²) in [5.74, 6) is 1.37. The van der Waals surface area contributed by atoms with Crippen molar-refractivity contribution in [2.45, 2.75) is 32.4 Å². The molecular weight excluding hydrogens is 288 g/mol. The number of hydrogen-bond donors (Lipinski definition) is 1. The van der Waals surface area contributed by atoms with Gasteiger partial charge in [0.05, 0.1) is 11.4 Å². The minimum atomic E-state index is 0.0379. The van der Waals surface area contributed by atoms with Crippen LogP contribution < -0.4 is 5.32 Å². The van der Waals surface area contributed by atoms with Crippen molar-refractivity contribution in [3.05, 3.63) is 34.1 Å². The van der Waals surface area contributed by atoms with Crippen molar-refractivity contribution < 1.29 is 9.32 Å². The number of amides is 1. The van der Waals surface area contributed by atoms with Crippen LogP contribution in [-0.4, -0.2) is 40.1 Å². The molecule has 112 valence electrons. The SMILES string of the molecule is Cc1noc(CN2CCC(NC(=O)c3cccs3)CC2)n1. The van der Waals surface area contributed by atoms with Crippen molar-refractivity contribution in [3.63, 3.8) is 0 Å². The van der Waals surface area contributed by atoms with Crippen LogP contribution in [0.15, 0.2) is 22.0 Å². The van der Waals surface area contributed by atoms with Gasteiger partial charge in [-0.2, -0.15) is 4.98 Å². The van der Waals surface area contributed by atoms with Crippen LogP contribution in [0.5, 0.6) is 0 Å². The quantitative estimate of drug-likeness (QED) is 0.933. The maximum absolute atomic E-state index is 12.0. The number of aromatic nitrogens is 2. The number of thiophene rings is 1. The summed E-state index contributed by atoms with van der Waals surface area (Å²) in [5, 5.41) is 8.82. The Morgan fingerprint density at radius 2 is 2.33 bits per heavy atom. The van der Waals surface area contributed by atoms with Gasteiger partial charge in [0.25, 0.3) is 5.91 Å². The normalized spacial score (nSPS) is 17.0. The monoisotopic (exact) mass is 306 g/mol. The van der Waals surface area contributed by atoms with E-state index in [-0.39, 0.29) is 11.9 Å². The predicted molar refractivity (Wildman–Crippen MR) is 79.1 cm³/mol. The van der Waals surface area contributed by atoms with Gasteiger partial charge < -0.3 is 9.84 Å². The summed E-state index contributed by atoms with van der Waals surface area (Å²) >= 11 is 1.47. The third-order valence-electron chi connectivity index (χ3n) is 3.60. The average molecular weight is 306 g/mol. The zero-order chi connectivity index (χ0) is 14.7. The topological polar surface area (TPSA) is 71.3 Å². The van der Waals surface area contributed by atoms with Crippen molar-refractivity contribution in [1.29, 1.82) is 0 Å². The van der Waals surface area contributed by atoms with Crippen LogP contribution in [0.4, 0.5) is 0 Å². The lowest BCUT2D eigenvalue weighted by atomic mass is 10.0. The molecule has 0 unspecified atom stereocenters. The fourth-order valence-electron chi connectivity index (χ4n) is 2.50. The van der Waals surface area contributed by atoms with Crippen LogP contribution in [-0.2, 0) is 6.54 Å². The Kier molecular flexibility index (Phi) is 4.31. The molecule has 21 heavy (non-hydrogen) atoms. The van der Waals surface area contributed by atoms with Gasteiger partial charge in [0.1, 0.15) is 0 Å². The molecule has 1 aliphatic heterocycles. The molecule has 1 amide bonds. The second-order valence-electron chi connectivity index (χ2n) is 5.24. The number of piperidine rings is 1. The largest absolute Gasteiger partial charge is 0.349 e. The zero-order valence-corrected chi connectivity index (χ0v) is 12.7. The molecule has 0 spiro atoms. The molecule has 0 bridgehead atoms. The molecule has 3 rings (SSSR count). The molecule has 1 fully saturated rings. The lowest BCUT2D eigenvalue weighted by Crippen LogP contribution is -2.44. The number of rotatable bonds is 4. The maximum atomic E-state index is 12.0. The van der Waals surface area contributed by atoms with Crippen LogP contribution in [0.2, 0.25) is 0 Å². The molecule has 0 saturated carbocycles. The first-order chi connectivity index (χ1) is 10.2. The van der Waals surface area contributed by atoms with Crippen LogP contribution >= 0.6 is 11.3 Å². The third-order valence-corrected chi connectivity index (χ3v) is 4.46. The molecule has 1 N–H and O–H groups in total. The molecule has 1 saturated heterocycles. The zero-order valence-electron chi connectivity index (χ0n) is 11.9. The summed E-state index contributed by atoms with van der Waals surface area (Å²) in [6, 6.07) is 4.00. The molecular formula is C14H18N4O2S. The first-order valence-electron chi connectivity index (χ1n) is 7.06. The molecule has 3 heterocycles. The molecule has 2 aromatic heterocycles. The van der Waals surface area contributed by atoms with Crippen LogP contribution in [0, 0.1) is 6.92 Å². The number of carbonyl (C=O) groups is 1. The van der Waals surface area contributed by atoms with E-state index in [1.54, 1.807) is 0 Å². The summed E-state index contributed by atoms with van der Waals surface area (Å²) in [6.45, 7) is 4.36. The van der Waals surface area contributed by atoms with Gasteiger partial charge in [-0.05, 0) is 31.2 Å². The van der Waals surface area contributed by atoms with Gasteiger partial charge in [-0.3, -0.25) is 9.69 Å². The fourth-order valence-corrected chi connectivity index (χ4v) is 3.12. The number of carbonyl (C=O) groups excluding carboxylic acids is 1. The lowest BCUT2D eigenvalue weighted by molar-refractivity contribution is 0.0908. The van der Waals surface area contributed by atoms with E-state index in [4.69, 9.17) is 4.52 Å². The number of likely N-dealkylation sites (tertiary alicyclic amines) is 1. The molecule has 0 atom stereocenters. The van der Waals surface area contributed by atoms with Gasteiger partial charge in [0.15, 0.2) is 5.82 Å². The van der Waals surface area contributed by atoms with E-state index in [1.807, 2.05) is 24.4 Å². The summed E-state index contributed by atoms with van der Waals surface area (Å²) < 4.78 is 5.14. The Morgan fingerprint density at radius 3 is 2.95 bits per heavy atom. The van der Waals surface area contributed by atoms with Crippen LogP contribution in [0.25, 0.3) is 0 Å². The van der Waals surface area contributed by atoms with Crippen LogP contribution in [0.1, 0.15) is 34.2 Å². The van der Waals surface area contributed by atoms with Gasteiger partial charge in [-0.25, -0.2) is 0 Å². The van der Waals surface area contributed by atoms with Crippen molar-refractivity contribution in [2.75, 3.05) is 13.1 Å². The van der Waals surface area contributed by atoms with E-state index in [9.17, 15) is 4.79 Å². The van der Waals surface area contributed by atoms with Crippen molar-refractivity contribution in [2.24, 2.45) is 0 Å².